The smallest absolute Gasteiger partial charge is 0.265 e. The standard InChI is InChI=1S/C39H52N4O5S/c1-42(32-17-7-5-8-18-32)27-30-15-11-13-21-34(30)40-38(44)24-23-29-25-36(47-3)39(48-4)37(26-29)49(45,46)41-35-22-14-12-16-31(35)28-43(2)33-19-9-6-10-20-33/h11-16,21-26,32-33,41H,5-10,17-20,27-28H2,1-4H3,(H,40,44). The van der Waals surface area contributed by atoms with Crippen molar-refractivity contribution in [2.75, 3.05) is 38.4 Å². The van der Waals surface area contributed by atoms with Crippen molar-refractivity contribution in [3.05, 3.63) is 83.4 Å². The van der Waals surface area contributed by atoms with Crippen molar-refractivity contribution in [2.24, 2.45) is 0 Å². The van der Waals surface area contributed by atoms with E-state index < -0.39 is 10.0 Å². The third kappa shape index (κ3) is 9.65. The third-order valence-electron chi connectivity index (χ3n) is 9.96. The summed E-state index contributed by atoms with van der Waals surface area (Å²) in [6.45, 7) is 1.37. The summed E-state index contributed by atoms with van der Waals surface area (Å²) in [5, 5.41) is 3.02. The molecule has 0 aromatic heterocycles. The number of benzene rings is 3. The second kappa shape index (κ2) is 17.2. The molecule has 0 bridgehead atoms. The zero-order chi connectivity index (χ0) is 34.8. The van der Waals surface area contributed by atoms with Gasteiger partial charge in [-0.05, 0) is 86.8 Å². The number of rotatable bonds is 14. The predicted octanol–water partition coefficient (Wildman–Crippen LogP) is 7.69. The lowest BCUT2D eigenvalue weighted by Gasteiger charge is -2.31. The van der Waals surface area contributed by atoms with Crippen molar-refractivity contribution in [1.82, 2.24) is 9.80 Å². The monoisotopic (exact) mass is 688 g/mol. The van der Waals surface area contributed by atoms with Crippen LogP contribution in [0.1, 0.15) is 80.9 Å². The van der Waals surface area contributed by atoms with Crippen LogP contribution < -0.4 is 19.5 Å². The molecule has 3 aromatic rings. The molecule has 2 aliphatic carbocycles. The molecule has 2 fully saturated rings. The Morgan fingerprint density at radius 1 is 0.776 bits per heavy atom. The number of hydrogen-bond donors (Lipinski definition) is 2. The Bertz CT molecular complexity index is 1700. The minimum Gasteiger partial charge on any atom is -0.493 e. The van der Waals surface area contributed by atoms with Gasteiger partial charge in [0.05, 0.1) is 19.9 Å². The van der Waals surface area contributed by atoms with Crippen molar-refractivity contribution < 1.29 is 22.7 Å². The van der Waals surface area contributed by atoms with Crippen molar-refractivity contribution in [2.45, 2.75) is 94.3 Å². The first kappa shape index (κ1) is 36.4. The Morgan fingerprint density at radius 3 is 1.86 bits per heavy atom. The Balaban J connectivity index is 1.33. The van der Waals surface area contributed by atoms with E-state index in [1.165, 1.54) is 77.7 Å². The van der Waals surface area contributed by atoms with E-state index >= 15 is 0 Å². The van der Waals surface area contributed by atoms with Gasteiger partial charge in [0.1, 0.15) is 4.90 Å². The van der Waals surface area contributed by atoms with Crippen LogP contribution in [0.4, 0.5) is 11.4 Å². The fourth-order valence-corrected chi connectivity index (χ4v) is 8.49. The van der Waals surface area contributed by atoms with Crippen LogP contribution in [0.25, 0.3) is 6.08 Å². The molecule has 2 aliphatic rings. The van der Waals surface area contributed by atoms with Crippen LogP contribution in [-0.4, -0.2) is 64.5 Å². The molecule has 10 heteroatoms. The number of para-hydroxylation sites is 2. The van der Waals surface area contributed by atoms with Crippen molar-refractivity contribution in [3.63, 3.8) is 0 Å². The molecule has 3 aromatic carbocycles. The van der Waals surface area contributed by atoms with Crippen LogP contribution in [-0.2, 0) is 27.9 Å². The Labute approximate surface area is 292 Å². The summed E-state index contributed by atoms with van der Waals surface area (Å²) in [5.41, 5.74) is 3.69. The minimum absolute atomic E-state index is 0.0825. The maximum absolute atomic E-state index is 14.0. The van der Waals surface area contributed by atoms with Gasteiger partial charge in [-0.3, -0.25) is 19.3 Å². The summed E-state index contributed by atoms with van der Waals surface area (Å²) in [6, 6.07) is 19.5. The van der Waals surface area contributed by atoms with Gasteiger partial charge in [0.25, 0.3) is 10.0 Å². The van der Waals surface area contributed by atoms with Gasteiger partial charge in [0.15, 0.2) is 11.5 Å². The molecule has 5 rings (SSSR count). The summed E-state index contributed by atoms with van der Waals surface area (Å²) in [4.78, 5) is 17.8. The molecule has 2 N–H and O–H groups in total. The van der Waals surface area contributed by atoms with E-state index in [9.17, 15) is 13.2 Å². The lowest BCUT2D eigenvalue weighted by Crippen LogP contribution is -2.33. The van der Waals surface area contributed by atoms with E-state index in [2.05, 4.69) is 33.9 Å². The van der Waals surface area contributed by atoms with E-state index in [-0.39, 0.29) is 22.3 Å². The first-order valence-electron chi connectivity index (χ1n) is 17.5. The van der Waals surface area contributed by atoms with Gasteiger partial charge in [-0.15, -0.1) is 0 Å². The number of nitrogens with zero attached hydrogens (tertiary/aromatic N) is 2. The van der Waals surface area contributed by atoms with E-state index in [1.54, 1.807) is 18.2 Å². The molecule has 0 saturated heterocycles. The number of amides is 1. The fraction of sp³-hybridized carbons (Fsp3) is 0.462. The van der Waals surface area contributed by atoms with Crippen molar-refractivity contribution in [3.8, 4) is 11.5 Å². The van der Waals surface area contributed by atoms with E-state index in [0.717, 1.165) is 36.2 Å². The van der Waals surface area contributed by atoms with Crippen LogP contribution in [0.3, 0.4) is 0 Å². The number of hydrogen-bond acceptors (Lipinski definition) is 7. The largest absolute Gasteiger partial charge is 0.493 e. The van der Waals surface area contributed by atoms with Crippen LogP contribution in [0.5, 0.6) is 11.5 Å². The molecule has 0 atom stereocenters. The quantitative estimate of drug-likeness (QED) is 0.168. The molecular weight excluding hydrogens is 637 g/mol. The summed E-state index contributed by atoms with van der Waals surface area (Å²) < 4.78 is 41.9. The number of methoxy groups -OCH3 is 2. The summed E-state index contributed by atoms with van der Waals surface area (Å²) in [5.74, 6) is 0.0114. The molecule has 49 heavy (non-hydrogen) atoms. The SMILES string of the molecule is COc1cc(C=CC(=O)Nc2ccccc2CN(C)C2CCCCC2)cc(S(=O)(=O)Nc2ccccc2CN(C)C2CCCCC2)c1OC. The second-order valence-corrected chi connectivity index (χ2v) is 15.1. The van der Waals surface area contributed by atoms with E-state index in [1.807, 2.05) is 42.5 Å². The Hall–Kier alpha value is -3.86. The molecule has 0 heterocycles. The average Bonchev–Trinajstić information content (AvgIpc) is 3.12. The summed E-state index contributed by atoms with van der Waals surface area (Å²) >= 11 is 0. The average molecular weight is 689 g/mol. The topological polar surface area (TPSA) is 100 Å². The molecule has 0 radical (unpaired) electrons. The molecular formula is C39H52N4O5S. The molecule has 0 unspecified atom stereocenters. The van der Waals surface area contributed by atoms with Gasteiger partial charge >= 0.3 is 0 Å². The lowest BCUT2D eigenvalue weighted by atomic mass is 9.94. The van der Waals surface area contributed by atoms with Gasteiger partial charge in [-0.1, -0.05) is 74.9 Å². The first-order valence-corrected chi connectivity index (χ1v) is 19.0. The number of carbonyl (C=O) groups is 1. The lowest BCUT2D eigenvalue weighted by molar-refractivity contribution is -0.111. The van der Waals surface area contributed by atoms with Crippen LogP contribution >= 0.6 is 0 Å². The van der Waals surface area contributed by atoms with Gasteiger partial charge in [-0.25, -0.2) is 8.42 Å². The molecule has 9 nitrogen and oxygen atoms in total. The maximum atomic E-state index is 14.0. The highest BCUT2D eigenvalue weighted by molar-refractivity contribution is 7.92. The minimum atomic E-state index is -4.12. The Kier molecular flexibility index (Phi) is 12.8. The summed E-state index contributed by atoms with van der Waals surface area (Å²) in [6.07, 6.45) is 15.3. The van der Waals surface area contributed by atoms with E-state index in [4.69, 9.17) is 9.47 Å². The zero-order valence-electron chi connectivity index (χ0n) is 29.4. The number of nitrogens with one attached hydrogen (secondary N) is 2. The van der Waals surface area contributed by atoms with Crippen molar-refractivity contribution in [1.29, 1.82) is 0 Å². The summed E-state index contributed by atoms with van der Waals surface area (Å²) in [7, 11) is 3.01. The first-order chi connectivity index (χ1) is 23.7. The van der Waals surface area contributed by atoms with E-state index in [0.29, 0.717) is 29.9 Å². The van der Waals surface area contributed by atoms with Crippen LogP contribution in [0, 0.1) is 0 Å². The Morgan fingerprint density at radius 2 is 1.31 bits per heavy atom. The fourth-order valence-electron chi connectivity index (χ4n) is 7.17. The number of carbonyl (C=O) groups excluding carboxylic acids is 1. The normalized spacial score (nSPS) is 16.3. The molecule has 1 amide bonds. The molecule has 0 spiro atoms. The number of ether oxygens (including phenoxy) is 2. The highest BCUT2D eigenvalue weighted by Crippen LogP contribution is 2.37. The second-order valence-electron chi connectivity index (χ2n) is 13.4. The van der Waals surface area contributed by atoms with Gasteiger partial charge < -0.3 is 14.8 Å². The highest BCUT2D eigenvalue weighted by atomic mass is 32.2. The van der Waals surface area contributed by atoms with Gasteiger partial charge in [-0.2, -0.15) is 0 Å². The zero-order valence-corrected chi connectivity index (χ0v) is 30.2. The predicted molar refractivity (Wildman–Crippen MR) is 198 cm³/mol. The number of anilines is 2. The highest BCUT2D eigenvalue weighted by Gasteiger charge is 2.26. The van der Waals surface area contributed by atoms with Gasteiger partial charge in [0, 0.05) is 36.9 Å². The van der Waals surface area contributed by atoms with Crippen LogP contribution in [0.15, 0.2) is 71.6 Å². The van der Waals surface area contributed by atoms with Crippen molar-refractivity contribution >= 4 is 33.4 Å². The molecule has 264 valence electrons. The number of sulfonamides is 1. The molecule has 0 aliphatic heterocycles. The third-order valence-corrected chi connectivity index (χ3v) is 11.3. The van der Waals surface area contributed by atoms with Gasteiger partial charge in [0.2, 0.25) is 5.91 Å². The molecule has 2 saturated carbocycles. The maximum Gasteiger partial charge on any atom is 0.265 e. The van der Waals surface area contributed by atoms with Crippen LogP contribution in [0.2, 0.25) is 0 Å².